The van der Waals surface area contributed by atoms with Crippen LogP contribution in [0.15, 0.2) is 12.1 Å². The number of aromatic nitrogens is 5. The Balaban J connectivity index is 2.17. The molecule has 22 heavy (non-hydrogen) atoms. The number of rotatable bonds is 5. The predicted octanol–water partition coefficient (Wildman–Crippen LogP) is 1.04. The number of carboxylic acids is 1. The van der Waals surface area contributed by atoms with Gasteiger partial charge in [-0.15, -0.1) is 5.10 Å². The van der Waals surface area contributed by atoms with Gasteiger partial charge in [0.2, 0.25) is 0 Å². The second-order valence-corrected chi connectivity index (χ2v) is 4.21. The molecule has 0 radical (unpaired) electrons. The van der Waals surface area contributed by atoms with Crippen LogP contribution in [0, 0.1) is 0 Å². The van der Waals surface area contributed by atoms with Crippen molar-refractivity contribution in [3.63, 3.8) is 0 Å². The number of tetrazole rings is 1. The molecular formula is C11H10F3N5O3. The number of ether oxygens (including phenoxy) is 1. The Kier molecular flexibility index (Phi) is 4.35. The number of pyridine rings is 1. The Morgan fingerprint density at radius 2 is 2.09 bits per heavy atom. The number of hydrogen-bond donors (Lipinski definition) is 1. The monoisotopic (exact) mass is 317 g/mol. The number of nitrogens with zero attached hydrogens (tertiary/aromatic N) is 5. The van der Waals surface area contributed by atoms with Gasteiger partial charge in [0.25, 0.3) is 0 Å². The van der Waals surface area contributed by atoms with Crippen LogP contribution in [0.5, 0.6) is 0 Å². The average Bonchev–Trinajstić information content (AvgIpc) is 2.83. The second-order valence-electron chi connectivity index (χ2n) is 4.21. The van der Waals surface area contributed by atoms with Gasteiger partial charge in [0.1, 0.15) is 12.3 Å². The largest absolute Gasteiger partial charge is 0.478 e. The van der Waals surface area contributed by atoms with E-state index in [1.807, 2.05) is 0 Å². The van der Waals surface area contributed by atoms with E-state index in [4.69, 9.17) is 9.84 Å². The fourth-order valence-corrected chi connectivity index (χ4v) is 1.57. The highest BCUT2D eigenvalue weighted by Crippen LogP contribution is 2.28. The lowest BCUT2D eigenvalue weighted by atomic mass is 10.1. The molecule has 0 spiro atoms. The van der Waals surface area contributed by atoms with Crippen molar-refractivity contribution in [3.8, 4) is 0 Å². The highest BCUT2D eigenvalue weighted by Gasteiger charge is 2.33. The van der Waals surface area contributed by atoms with Gasteiger partial charge < -0.3 is 9.84 Å². The zero-order valence-electron chi connectivity index (χ0n) is 11.2. The topological polar surface area (TPSA) is 103 Å². The minimum Gasteiger partial charge on any atom is -0.478 e. The minimum absolute atomic E-state index is 0.0967. The van der Waals surface area contributed by atoms with Crippen LogP contribution < -0.4 is 0 Å². The lowest BCUT2D eigenvalue weighted by molar-refractivity contribution is -0.141. The van der Waals surface area contributed by atoms with E-state index in [1.165, 1.54) is 4.68 Å². The summed E-state index contributed by atoms with van der Waals surface area (Å²) < 4.78 is 44.3. The van der Waals surface area contributed by atoms with E-state index in [-0.39, 0.29) is 17.9 Å². The maximum Gasteiger partial charge on any atom is 0.433 e. The Morgan fingerprint density at radius 3 is 2.64 bits per heavy atom. The summed E-state index contributed by atoms with van der Waals surface area (Å²) in [5, 5.41) is 19.5. The summed E-state index contributed by atoms with van der Waals surface area (Å²) in [6.07, 6.45) is -4.67. The van der Waals surface area contributed by atoms with Crippen molar-refractivity contribution < 1.29 is 27.8 Å². The van der Waals surface area contributed by atoms with Crippen LogP contribution in [0.25, 0.3) is 0 Å². The summed E-state index contributed by atoms with van der Waals surface area (Å²) in [4.78, 5) is 14.3. The van der Waals surface area contributed by atoms with Crippen LogP contribution in [-0.2, 0) is 31.2 Å². The first-order chi connectivity index (χ1) is 10.3. The minimum atomic E-state index is -4.67. The molecule has 0 aliphatic rings. The standard InChI is InChI=1S/C11H10F3N5O3/c1-19-9(16-17-18-19)5-22-4-7-6(10(20)21)2-3-8(15-7)11(12,13)14/h2-3H,4-5H2,1H3,(H,20,21). The number of aryl methyl sites for hydroxylation is 1. The van der Waals surface area contributed by atoms with Crippen LogP contribution in [0.1, 0.15) is 27.6 Å². The molecule has 1 N–H and O–H groups in total. The van der Waals surface area contributed by atoms with Gasteiger partial charge in [-0.3, -0.25) is 0 Å². The Labute approximate surface area is 121 Å². The van der Waals surface area contributed by atoms with Gasteiger partial charge in [-0.25, -0.2) is 14.5 Å². The molecule has 2 rings (SSSR count). The Morgan fingerprint density at radius 1 is 1.36 bits per heavy atom. The van der Waals surface area contributed by atoms with E-state index in [9.17, 15) is 18.0 Å². The number of halogens is 3. The maximum absolute atomic E-state index is 12.6. The third kappa shape index (κ3) is 3.55. The van der Waals surface area contributed by atoms with Gasteiger partial charge >= 0.3 is 12.1 Å². The Hall–Kier alpha value is -2.56. The van der Waals surface area contributed by atoms with Crippen molar-refractivity contribution >= 4 is 5.97 Å². The lowest BCUT2D eigenvalue weighted by Gasteiger charge is -2.10. The molecule has 11 heteroatoms. The van der Waals surface area contributed by atoms with Gasteiger partial charge in [-0.2, -0.15) is 13.2 Å². The van der Waals surface area contributed by atoms with E-state index in [2.05, 4.69) is 20.5 Å². The molecule has 0 saturated carbocycles. The van der Waals surface area contributed by atoms with E-state index in [0.717, 1.165) is 6.07 Å². The molecule has 0 aliphatic carbocycles. The fraction of sp³-hybridized carbons (Fsp3) is 0.364. The number of carboxylic acid groups (broad SMARTS) is 1. The quantitative estimate of drug-likeness (QED) is 0.878. The normalized spacial score (nSPS) is 11.6. The predicted molar refractivity (Wildman–Crippen MR) is 63.5 cm³/mol. The van der Waals surface area contributed by atoms with E-state index in [0.29, 0.717) is 11.9 Å². The summed E-state index contributed by atoms with van der Waals surface area (Å²) >= 11 is 0. The fourth-order valence-electron chi connectivity index (χ4n) is 1.57. The number of aromatic carboxylic acids is 1. The molecule has 0 aromatic carbocycles. The van der Waals surface area contributed by atoms with Gasteiger partial charge in [0, 0.05) is 7.05 Å². The lowest BCUT2D eigenvalue weighted by Crippen LogP contribution is -2.14. The van der Waals surface area contributed by atoms with Crippen molar-refractivity contribution in [1.29, 1.82) is 0 Å². The number of hydrogen-bond acceptors (Lipinski definition) is 6. The van der Waals surface area contributed by atoms with Gasteiger partial charge in [0.15, 0.2) is 5.82 Å². The summed E-state index contributed by atoms with van der Waals surface area (Å²) in [6, 6.07) is 1.46. The smallest absolute Gasteiger partial charge is 0.433 e. The molecule has 0 saturated heterocycles. The van der Waals surface area contributed by atoms with Crippen LogP contribution in [0.2, 0.25) is 0 Å². The van der Waals surface area contributed by atoms with Gasteiger partial charge in [0.05, 0.1) is 17.9 Å². The van der Waals surface area contributed by atoms with Crippen molar-refractivity contribution in [2.75, 3.05) is 0 Å². The third-order valence-electron chi connectivity index (χ3n) is 2.67. The maximum atomic E-state index is 12.6. The molecule has 8 nitrogen and oxygen atoms in total. The summed E-state index contributed by atoms with van der Waals surface area (Å²) in [7, 11) is 1.56. The molecule has 0 fully saturated rings. The van der Waals surface area contributed by atoms with E-state index < -0.39 is 24.4 Å². The number of carbonyl (C=O) groups is 1. The first-order valence-electron chi connectivity index (χ1n) is 5.88. The number of alkyl halides is 3. The molecule has 0 unspecified atom stereocenters. The SMILES string of the molecule is Cn1nnnc1COCc1nc(C(F)(F)F)ccc1C(=O)O. The van der Waals surface area contributed by atoms with E-state index in [1.54, 1.807) is 7.05 Å². The average molecular weight is 317 g/mol. The first kappa shape index (κ1) is 15.8. The van der Waals surface area contributed by atoms with Crippen molar-refractivity contribution in [3.05, 3.63) is 34.9 Å². The van der Waals surface area contributed by atoms with E-state index >= 15 is 0 Å². The van der Waals surface area contributed by atoms with Crippen molar-refractivity contribution in [2.24, 2.45) is 7.05 Å². The highest BCUT2D eigenvalue weighted by molar-refractivity contribution is 5.88. The van der Waals surface area contributed by atoms with Crippen molar-refractivity contribution in [2.45, 2.75) is 19.4 Å². The van der Waals surface area contributed by atoms with Crippen LogP contribution in [-0.4, -0.2) is 36.3 Å². The first-order valence-corrected chi connectivity index (χ1v) is 5.88. The molecule has 2 heterocycles. The molecule has 118 valence electrons. The van der Waals surface area contributed by atoms with Crippen LogP contribution >= 0.6 is 0 Å². The molecule has 0 bridgehead atoms. The molecule has 0 aliphatic heterocycles. The summed E-state index contributed by atoms with van der Waals surface area (Å²) in [5.41, 5.74) is -1.86. The van der Waals surface area contributed by atoms with Crippen LogP contribution in [0.3, 0.4) is 0 Å². The Bertz CT molecular complexity index is 686. The second kappa shape index (κ2) is 6.05. The van der Waals surface area contributed by atoms with Crippen LogP contribution in [0.4, 0.5) is 13.2 Å². The zero-order chi connectivity index (χ0) is 16.3. The highest BCUT2D eigenvalue weighted by atomic mass is 19.4. The zero-order valence-corrected chi connectivity index (χ0v) is 11.2. The molecular weight excluding hydrogens is 307 g/mol. The third-order valence-corrected chi connectivity index (χ3v) is 2.67. The molecule has 2 aromatic heterocycles. The molecule has 0 atom stereocenters. The van der Waals surface area contributed by atoms with Gasteiger partial charge in [-0.05, 0) is 22.6 Å². The van der Waals surface area contributed by atoms with Gasteiger partial charge in [-0.1, -0.05) is 0 Å². The molecule has 2 aromatic rings. The molecule has 0 amide bonds. The summed E-state index contributed by atoms with van der Waals surface area (Å²) in [5.74, 6) is -1.05. The van der Waals surface area contributed by atoms with Crippen molar-refractivity contribution in [1.82, 2.24) is 25.2 Å². The summed E-state index contributed by atoms with van der Waals surface area (Å²) in [6.45, 7) is -0.515.